The Bertz CT molecular complexity index is 248. The number of carbonyl (C=O) groups is 2. The molecule has 2 unspecified atom stereocenters. The van der Waals surface area contributed by atoms with E-state index in [1.54, 1.807) is 4.90 Å². The van der Waals surface area contributed by atoms with Crippen molar-refractivity contribution in [2.24, 2.45) is 11.8 Å². The first kappa shape index (κ1) is 15.1. The molecular formula is C13H25NO2. The lowest BCUT2D eigenvalue weighted by Gasteiger charge is -2.26. The van der Waals surface area contributed by atoms with Crippen LogP contribution in [0.1, 0.15) is 47.5 Å². The second-order valence-electron chi connectivity index (χ2n) is 4.90. The van der Waals surface area contributed by atoms with E-state index in [0.717, 1.165) is 0 Å². The number of hydrogen-bond donors (Lipinski definition) is 0. The second-order valence-corrected chi connectivity index (χ2v) is 4.90. The summed E-state index contributed by atoms with van der Waals surface area (Å²) in [5.74, 6) is 0.292. The van der Waals surface area contributed by atoms with Gasteiger partial charge in [0.05, 0.1) is 0 Å². The number of hydrogen-bond acceptors (Lipinski definition) is 2. The van der Waals surface area contributed by atoms with Gasteiger partial charge in [-0.15, -0.1) is 0 Å². The van der Waals surface area contributed by atoms with Gasteiger partial charge in [-0.25, -0.2) is 0 Å². The lowest BCUT2D eigenvalue weighted by atomic mass is 9.92. The first-order valence-corrected chi connectivity index (χ1v) is 6.10. The predicted molar refractivity (Wildman–Crippen MR) is 66.1 cm³/mol. The molecule has 0 saturated carbocycles. The summed E-state index contributed by atoms with van der Waals surface area (Å²) < 4.78 is 0. The minimum atomic E-state index is -0.0714. The normalized spacial score (nSPS) is 14.7. The molecule has 0 N–H and O–H groups in total. The van der Waals surface area contributed by atoms with E-state index in [9.17, 15) is 9.59 Å². The van der Waals surface area contributed by atoms with Gasteiger partial charge in [0.1, 0.15) is 5.78 Å². The van der Waals surface area contributed by atoms with Crippen LogP contribution in [-0.4, -0.2) is 29.7 Å². The van der Waals surface area contributed by atoms with Crippen LogP contribution < -0.4 is 0 Å². The molecule has 0 aromatic heterocycles. The number of rotatable bonds is 6. The zero-order valence-electron chi connectivity index (χ0n) is 11.4. The summed E-state index contributed by atoms with van der Waals surface area (Å²) in [5.41, 5.74) is 0. The zero-order valence-corrected chi connectivity index (χ0v) is 11.4. The molecule has 0 aliphatic heterocycles. The molecule has 2 atom stereocenters. The van der Waals surface area contributed by atoms with Crippen molar-refractivity contribution >= 4 is 11.7 Å². The van der Waals surface area contributed by atoms with Gasteiger partial charge in [0.15, 0.2) is 0 Å². The van der Waals surface area contributed by atoms with Gasteiger partial charge < -0.3 is 4.90 Å². The largest absolute Gasteiger partial charge is 0.343 e. The van der Waals surface area contributed by atoms with E-state index in [0.29, 0.717) is 12.8 Å². The van der Waals surface area contributed by atoms with Crippen molar-refractivity contribution in [3.8, 4) is 0 Å². The maximum Gasteiger partial charge on any atom is 0.225 e. The van der Waals surface area contributed by atoms with Crippen molar-refractivity contribution in [3.05, 3.63) is 0 Å². The molecule has 0 spiro atoms. The second kappa shape index (κ2) is 6.66. The quantitative estimate of drug-likeness (QED) is 0.699. The van der Waals surface area contributed by atoms with E-state index in [-0.39, 0.29) is 29.6 Å². The van der Waals surface area contributed by atoms with Gasteiger partial charge >= 0.3 is 0 Å². The van der Waals surface area contributed by atoms with E-state index in [1.807, 2.05) is 41.7 Å². The fourth-order valence-electron chi connectivity index (χ4n) is 1.71. The van der Waals surface area contributed by atoms with E-state index < -0.39 is 0 Å². The van der Waals surface area contributed by atoms with Gasteiger partial charge in [0.2, 0.25) is 5.91 Å². The molecular weight excluding hydrogens is 202 g/mol. The average Bonchev–Trinajstić information content (AvgIpc) is 2.25. The summed E-state index contributed by atoms with van der Waals surface area (Å²) >= 11 is 0. The maximum absolute atomic E-state index is 11.9. The number of ketones is 1. The van der Waals surface area contributed by atoms with Crippen molar-refractivity contribution in [2.45, 2.75) is 53.5 Å². The summed E-state index contributed by atoms with van der Waals surface area (Å²) in [5, 5.41) is 0. The summed E-state index contributed by atoms with van der Waals surface area (Å²) in [6, 6.07) is 0.215. The van der Waals surface area contributed by atoms with Crippen LogP contribution in [-0.2, 0) is 9.59 Å². The number of nitrogens with zero attached hydrogens (tertiary/aromatic N) is 1. The maximum atomic E-state index is 11.9. The Kier molecular flexibility index (Phi) is 6.31. The van der Waals surface area contributed by atoms with Crippen LogP contribution in [0.4, 0.5) is 0 Å². The molecule has 0 bridgehead atoms. The summed E-state index contributed by atoms with van der Waals surface area (Å²) in [4.78, 5) is 25.1. The van der Waals surface area contributed by atoms with E-state index in [2.05, 4.69) is 0 Å². The van der Waals surface area contributed by atoms with Crippen molar-refractivity contribution < 1.29 is 9.59 Å². The molecule has 0 rings (SSSR count). The minimum absolute atomic E-state index is 0.00971. The van der Waals surface area contributed by atoms with Crippen molar-refractivity contribution in [1.82, 2.24) is 4.90 Å². The first-order chi connectivity index (χ1) is 7.31. The smallest absolute Gasteiger partial charge is 0.225 e. The molecule has 0 heterocycles. The minimum Gasteiger partial charge on any atom is -0.343 e. The molecule has 0 aromatic carbocycles. The van der Waals surface area contributed by atoms with E-state index in [1.165, 1.54) is 0 Å². The zero-order chi connectivity index (χ0) is 12.9. The highest BCUT2D eigenvalue weighted by atomic mass is 16.2. The van der Waals surface area contributed by atoms with Crippen LogP contribution in [0.25, 0.3) is 0 Å². The Hall–Kier alpha value is -0.860. The average molecular weight is 227 g/mol. The molecule has 0 aliphatic carbocycles. The molecule has 3 nitrogen and oxygen atoms in total. The molecule has 16 heavy (non-hydrogen) atoms. The Labute approximate surface area is 99.2 Å². The number of Topliss-reactive ketones (excluding diaryl/α,β-unsaturated/α-hetero) is 1. The fourth-order valence-corrected chi connectivity index (χ4v) is 1.71. The topological polar surface area (TPSA) is 37.4 Å². The van der Waals surface area contributed by atoms with Crippen LogP contribution in [0.2, 0.25) is 0 Å². The molecule has 0 fully saturated rings. The first-order valence-electron chi connectivity index (χ1n) is 6.10. The van der Waals surface area contributed by atoms with Crippen molar-refractivity contribution in [2.75, 3.05) is 7.05 Å². The standard InChI is InChI=1S/C13H25NO2/c1-7-12(15)10(4)8-11(5)13(16)14(6)9(2)3/h9-11H,7-8H2,1-6H3. The predicted octanol–water partition coefficient (Wildman–Crippen LogP) is 2.49. The third-order valence-electron chi connectivity index (χ3n) is 3.15. The van der Waals surface area contributed by atoms with Crippen LogP contribution >= 0.6 is 0 Å². The third kappa shape index (κ3) is 4.33. The van der Waals surface area contributed by atoms with Crippen LogP contribution in [0, 0.1) is 11.8 Å². The molecule has 0 saturated heterocycles. The van der Waals surface area contributed by atoms with E-state index in [4.69, 9.17) is 0 Å². The molecule has 0 aromatic rings. The molecule has 0 aliphatic rings. The van der Waals surface area contributed by atoms with Crippen LogP contribution in [0.3, 0.4) is 0 Å². The van der Waals surface area contributed by atoms with Crippen molar-refractivity contribution in [3.63, 3.8) is 0 Å². The monoisotopic (exact) mass is 227 g/mol. The molecule has 3 heteroatoms. The van der Waals surface area contributed by atoms with E-state index >= 15 is 0 Å². The Morgan fingerprint density at radius 2 is 1.56 bits per heavy atom. The highest BCUT2D eigenvalue weighted by molar-refractivity contribution is 5.82. The number of carbonyl (C=O) groups excluding carboxylic acids is 2. The highest BCUT2D eigenvalue weighted by Crippen LogP contribution is 2.16. The summed E-state index contributed by atoms with van der Waals surface area (Å²) in [6.45, 7) is 9.66. The van der Waals surface area contributed by atoms with Gasteiger partial charge in [-0.1, -0.05) is 20.8 Å². The van der Waals surface area contributed by atoms with Gasteiger partial charge in [0.25, 0.3) is 0 Å². The summed E-state index contributed by atoms with van der Waals surface area (Å²) in [6.07, 6.45) is 1.21. The summed E-state index contributed by atoms with van der Waals surface area (Å²) in [7, 11) is 1.82. The van der Waals surface area contributed by atoms with Crippen LogP contribution in [0.15, 0.2) is 0 Å². The Morgan fingerprint density at radius 1 is 1.06 bits per heavy atom. The molecule has 94 valence electrons. The van der Waals surface area contributed by atoms with Gasteiger partial charge in [-0.3, -0.25) is 9.59 Å². The fraction of sp³-hybridized carbons (Fsp3) is 0.846. The number of amides is 1. The Morgan fingerprint density at radius 3 is 1.94 bits per heavy atom. The molecule has 0 radical (unpaired) electrons. The highest BCUT2D eigenvalue weighted by Gasteiger charge is 2.23. The third-order valence-corrected chi connectivity index (χ3v) is 3.15. The Balaban J connectivity index is 4.30. The molecule has 1 amide bonds. The van der Waals surface area contributed by atoms with Gasteiger partial charge in [-0.05, 0) is 20.3 Å². The lowest BCUT2D eigenvalue weighted by Crippen LogP contribution is -2.37. The lowest BCUT2D eigenvalue weighted by molar-refractivity contribution is -0.136. The van der Waals surface area contributed by atoms with Crippen molar-refractivity contribution in [1.29, 1.82) is 0 Å². The van der Waals surface area contributed by atoms with Gasteiger partial charge in [-0.2, -0.15) is 0 Å². The van der Waals surface area contributed by atoms with Gasteiger partial charge in [0, 0.05) is 31.3 Å². The van der Waals surface area contributed by atoms with Crippen LogP contribution in [0.5, 0.6) is 0 Å². The SMILES string of the molecule is CCC(=O)C(C)CC(C)C(=O)N(C)C(C)C.